The summed E-state index contributed by atoms with van der Waals surface area (Å²) in [5, 5.41) is 4.07. The molecule has 21 heavy (non-hydrogen) atoms. The van der Waals surface area contributed by atoms with Gasteiger partial charge in [-0.15, -0.1) is 0 Å². The highest BCUT2D eigenvalue weighted by molar-refractivity contribution is 5.17. The SMILES string of the molecule is CCC(CC)(OC)c1noc([C@@H](N)Cc2ccccc2)n1. The molecule has 0 saturated heterocycles. The van der Waals surface area contributed by atoms with Crippen LogP contribution in [0.3, 0.4) is 0 Å². The van der Waals surface area contributed by atoms with Gasteiger partial charge in [-0.2, -0.15) is 4.98 Å². The van der Waals surface area contributed by atoms with Crippen LogP contribution in [0.4, 0.5) is 0 Å². The Balaban J connectivity index is 2.15. The molecule has 0 aliphatic rings. The fourth-order valence-corrected chi connectivity index (χ4v) is 2.47. The molecule has 1 heterocycles. The number of methoxy groups -OCH3 is 1. The van der Waals surface area contributed by atoms with Crippen molar-refractivity contribution >= 4 is 0 Å². The Morgan fingerprint density at radius 1 is 1.24 bits per heavy atom. The summed E-state index contributed by atoms with van der Waals surface area (Å²) >= 11 is 0. The second-order valence-corrected chi connectivity index (χ2v) is 5.16. The van der Waals surface area contributed by atoms with Crippen molar-refractivity contribution in [2.75, 3.05) is 7.11 Å². The van der Waals surface area contributed by atoms with Gasteiger partial charge in [0, 0.05) is 7.11 Å². The maximum absolute atomic E-state index is 6.17. The van der Waals surface area contributed by atoms with E-state index in [4.69, 9.17) is 15.0 Å². The molecule has 0 fully saturated rings. The van der Waals surface area contributed by atoms with E-state index in [1.54, 1.807) is 7.11 Å². The van der Waals surface area contributed by atoms with Crippen LogP contribution in [0.5, 0.6) is 0 Å². The van der Waals surface area contributed by atoms with Crippen LogP contribution < -0.4 is 5.73 Å². The molecule has 2 N–H and O–H groups in total. The molecule has 0 saturated carbocycles. The lowest BCUT2D eigenvalue weighted by Gasteiger charge is -2.25. The van der Waals surface area contributed by atoms with Crippen LogP contribution >= 0.6 is 0 Å². The molecular formula is C16H23N3O2. The van der Waals surface area contributed by atoms with Crippen molar-refractivity contribution in [1.29, 1.82) is 0 Å². The number of aromatic nitrogens is 2. The summed E-state index contributed by atoms with van der Waals surface area (Å²) in [7, 11) is 1.67. The first-order valence-electron chi connectivity index (χ1n) is 7.34. The Kier molecular flexibility index (Phi) is 5.09. The van der Waals surface area contributed by atoms with Gasteiger partial charge in [-0.3, -0.25) is 0 Å². The minimum absolute atomic E-state index is 0.308. The van der Waals surface area contributed by atoms with Crippen LogP contribution in [0, 0.1) is 0 Å². The molecule has 5 nitrogen and oxygen atoms in total. The van der Waals surface area contributed by atoms with E-state index in [1.165, 1.54) is 0 Å². The van der Waals surface area contributed by atoms with Crippen molar-refractivity contribution in [2.24, 2.45) is 5.73 Å². The molecule has 1 aromatic carbocycles. The third-order valence-electron chi connectivity index (χ3n) is 4.00. The molecule has 0 aliphatic heterocycles. The van der Waals surface area contributed by atoms with Gasteiger partial charge in [0.25, 0.3) is 0 Å². The zero-order valence-corrected chi connectivity index (χ0v) is 12.9. The van der Waals surface area contributed by atoms with Crippen LogP contribution in [0.25, 0.3) is 0 Å². The van der Waals surface area contributed by atoms with Crippen LogP contribution in [0.2, 0.25) is 0 Å². The van der Waals surface area contributed by atoms with Gasteiger partial charge >= 0.3 is 0 Å². The van der Waals surface area contributed by atoms with Gasteiger partial charge in [0.2, 0.25) is 11.7 Å². The fraction of sp³-hybridized carbons (Fsp3) is 0.500. The van der Waals surface area contributed by atoms with Crippen molar-refractivity contribution in [3.63, 3.8) is 0 Å². The van der Waals surface area contributed by atoms with Crippen LogP contribution in [-0.2, 0) is 16.8 Å². The Hall–Kier alpha value is -1.72. The van der Waals surface area contributed by atoms with Crippen molar-refractivity contribution in [1.82, 2.24) is 10.1 Å². The lowest BCUT2D eigenvalue weighted by molar-refractivity contribution is -0.0306. The van der Waals surface area contributed by atoms with E-state index >= 15 is 0 Å². The zero-order valence-electron chi connectivity index (χ0n) is 12.9. The molecular weight excluding hydrogens is 266 g/mol. The van der Waals surface area contributed by atoms with Crippen LogP contribution in [0.1, 0.15) is 50.0 Å². The lowest BCUT2D eigenvalue weighted by atomic mass is 9.96. The Morgan fingerprint density at radius 3 is 2.48 bits per heavy atom. The molecule has 1 atom stereocenters. The van der Waals surface area contributed by atoms with E-state index in [9.17, 15) is 0 Å². The number of hydrogen-bond acceptors (Lipinski definition) is 5. The Morgan fingerprint density at radius 2 is 1.90 bits per heavy atom. The molecule has 1 aromatic heterocycles. The Bertz CT molecular complexity index is 541. The number of ether oxygens (including phenoxy) is 1. The molecule has 114 valence electrons. The van der Waals surface area contributed by atoms with Crippen molar-refractivity contribution in [3.8, 4) is 0 Å². The summed E-state index contributed by atoms with van der Waals surface area (Å²) < 4.78 is 11.0. The first-order valence-corrected chi connectivity index (χ1v) is 7.34. The summed E-state index contributed by atoms with van der Waals surface area (Å²) in [6, 6.07) is 9.73. The quantitative estimate of drug-likeness (QED) is 0.848. The molecule has 0 unspecified atom stereocenters. The minimum Gasteiger partial charge on any atom is -0.370 e. The third-order valence-corrected chi connectivity index (χ3v) is 4.00. The Labute approximate surface area is 125 Å². The topological polar surface area (TPSA) is 74.2 Å². The van der Waals surface area contributed by atoms with Crippen LogP contribution in [-0.4, -0.2) is 17.3 Å². The number of nitrogens with zero attached hydrogens (tertiary/aromatic N) is 2. The first-order chi connectivity index (χ1) is 10.1. The number of hydrogen-bond donors (Lipinski definition) is 1. The maximum atomic E-state index is 6.17. The first kappa shape index (κ1) is 15.7. The molecule has 2 aromatic rings. The van der Waals surface area contributed by atoms with Gasteiger partial charge in [0.15, 0.2) is 0 Å². The molecule has 5 heteroatoms. The average Bonchev–Trinajstić information content (AvgIpc) is 3.01. The lowest BCUT2D eigenvalue weighted by Crippen LogP contribution is -2.28. The highest BCUT2D eigenvalue weighted by Crippen LogP contribution is 2.30. The number of nitrogens with two attached hydrogens (primary N) is 1. The standard InChI is InChI=1S/C16H23N3O2/c1-4-16(5-2,20-3)15-18-14(21-19-15)13(17)11-12-9-7-6-8-10-12/h6-10,13H,4-5,11,17H2,1-3H3/t13-/m0/s1. The molecule has 0 aliphatic carbocycles. The third kappa shape index (κ3) is 3.31. The van der Waals surface area contributed by atoms with Gasteiger partial charge in [0.05, 0.1) is 6.04 Å². The van der Waals surface area contributed by atoms with E-state index in [0.717, 1.165) is 18.4 Å². The molecule has 0 radical (unpaired) electrons. The average molecular weight is 289 g/mol. The smallest absolute Gasteiger partial charge is 0.244 e. The summed E-state index contributed by atoms with van der Waals surface area (Å²) in [5.74, 6) is 1.03. The summed E-state index contributed by atoms with van der Waals surface area (Å²) in [4.78, 5) is 4.46. The van der Waals surface area contributed by atoms with E-state index in [-0.39, 0.29) is 6.04 Å². The molecule has 0 bridgehead atoms. The summed E-state index contributed by atoms with van der Waals surface area (Å²) in [5.41, 5.74) is 6.83. The normalized spacial score (nSPS) is 13.3. The van der Waals surface area contributed by atoms with E-state index in [1.807, 2.05) is 44.2 Å². The van der Waals surface area contributed by atoms with Gasteiger partial charge < -0.3 is 15.0 Å². The second-order valence-electron chi connectivity index (χ2n) is 5.16. The predicted molar refractivity (Wildman–Crippen MR) is 80.6 cm³/mol. The number of rotatable bonds is 7. The second kappa shape index (κ2) is 6.83. The van der Waals surface area contributed by atoms with Gasteiger partial charge in [-0.05, 0) is 24.8 Å². The monoisotopic (exact) mass is 289 g/mol. The van der Waals surface area contributed by atoms with Crippen molar-refractivity contribution < 1.29 is 9.26 Å². The van der Waals surface area contributed by atoms with Crippen LogP contribution in [0.15, 0.2) is 34.9 Å². The highest BCUT2D eigenvalue weighted by Gasteiger charge is 2.34. The zero-order chi connectivity index (χ0) is 15.3. The summed E-state index contributed by atoms with van der Waals surface area (Å²) in [6.45, 7) is 4.10. The van der Waals surface area contributed by atoms with Crippen molar-refractivity contribution in [3.05, 3.63) is 47.6 Å². The largest absolute Gasteiger partial charge is 0.370 e. The fourth-order valence-electron chi connectivity index (χ4n) is 2.47. The molecule has 0 spiro atoms. The van der Waals surface area contributed by atoms with Crippen molar-refractivity contribution in [2.45, 2.75) is 44.8 Å². The highest BCUT2D eigenvalue weighted by atomic mass is 16.5. The number of benzene rings is 1. The van der Waals surface area contributed by atoms with E-state index in [0.29, 0.717) is 18.1 Å². The van der Waals surface area contributed by atoms with E-state index in [2.05, 4.69) is 10.1 Å². The maximum Gasteiger partial charge on any atom is 0.244 e. The molecule has 2 rings (SSSR count). The minimum atomic E-state index is -0.492. The van der Waals surface area contributed by atoms with E-state index < -0.39 is 5.60 Å². The molecule has 0 amide bonds. The van der Waals surface area contributed by atoms with Gasteiger partial charge in [0.1, 0.15) is 5.60 Å². The van der Waals surface area contributed by atoms with Gasteiger partial charge in [-0.1, -0.05) is 49.3 Å². The predicted octanol–water partition coefficient (Wildman–Crippen LogP) is 2.97. The van der Waals surface area contributed by atoms with Gasteiger partial charge in [-0.25, -0.2) is 0 Å². The summed E-state index contributed by atoms with van der Waals surface area (Å²) in [6.07, 6.45) is 2.24.